The van der Waals surface area contributed by atoms with Crippen LogP contribution in [0.25, 0.3) is 0 Å². The summed E-state index contributed by atoms with van der Waals surface area (Å²) in [6.07, 6.45) is 3.18. The first-order valence-electron chi connectivity index (χ1n) is 3.37. The molecule has 0 fully saturated rings. The van der Waals surface area contributed by atoms with Crippen LogP contribution in [-0.2, 0) is 14.3 Å². The monoisotopic (exact) mass is 170 g/mol. The summed E-state index contributed by atoms with van der Waals surface area (Å²) in [7, 11) is 3.01. The van der Waals surface area contributed by atoms with Gasteiger partial charge in [0, 0.05) is 13.2 Å². The number of aliphatic imine (C=N–C) groups is 1. The van der Waals surface area contributed by atoms with Gasteiger partial charge in [-0.2, -0.15) is 0 Å². The Hall–Kier alpha value is -1.36. The Morgan fingerprint density at radius 2 is 2.42 bits per heavy atom. The lowest BCUT2D eigenvalue weighted by molar-refractivity contribution is -0.120. The van der Waals surface area contributed by atoms with E-state index in [1.54, 1.807) is 6.08 Å². The van der Waals surface area contributed by atoms with Crippen LogP contribution in [-0.4, -0.2) is 38.1 Å². The molecular formula is C7H10N2O3. The van der Waals surface area contributed by atoms with E-state index >= 15 is 0 Å². The van der Waals surface area contributed by atoms with Crippen LogP contribution >= 0.6 is 0 Å². The average Bonchev–Trinajstić information content (AvgIpc) is 2.16. The standard InChI is InChI=1S/C7H10N2O3/c1-11-6-3-7(12-2)9(5-10)4-8-6/h3-5,7H,1-2H3/t7-/m1/s1. The zero-order valence-corrected chi connectivity index (χ0v) is 6.93. The molecule has 0 spiro atoms. The molecule has 12 heavy (non-hydrogen) atoms. The number of carbonyl (C=O) groups is 1. The Morgan fingerprint density at radius 1 is 1.67 bits per heavy atom. The number of nitrogens with zero attached hydrogens (tertiary/aromatic N) is 2. The van der Waals surface area contributed by atoms with E-state index < -0.39 is 6.23 Å². The van der Waals surface area contributed by atoms with Crippen molar-refractivity contribution in [1.29, 1.82) is 0 Å². The lowest BCUT2D eigenvalue weighted by Gasteiger charge is -2.23. The number of hydrogen-bond acceptors (Lipinski definition) is 4. The predicted molar refractivity (Wildman–Crippen MR) is 42.3 cm³/mol. The Morgan fingerprint density at radius 3 is 2.92 bits per heavy atom. The van der Waals surface area contributed by atoms with Crippen molar-refractivity contribution in [3.05, 3.63) is 12.0 Å². The maximum Gasteiger partial charge on any atom is 0.217 e. The molecule has 5 heteroatoms. The van der Waals surface area contributed by atoms with Gasteiger partial charge < -0.3 is 9.47 Å². The molecule has 66 valence electrons. The fourth-order valence-corrected chi connectivity index (χ4v) is 0.838. The third-order valence-corrected chi connectivity index (χ3v) is 1.47. The van der Waals surface area contributed by atoms with Crippen molar-refractivity contribution in [2.24, 2.45) is 4.99 Å². The van der Waals surface area contributed by atoms with Crippen molar-refractivity contribution in [2.45, 2.75) is 6.23 Å². The number of methoxy groups -OCH3 is 2. The molecule has 0 radical (unpaired) electrons. The number of hydrogen-bond donors (Lipinski definition) is 0. The molecule has 0 saturated carbocycles. The maximum atomic E-state index is 10.4. The topological polar surface area (TPSA) is 51.1 Å². The van der Waals surface area contributed by atoms with Gasteiger partial charge in [0.25, 0.3) is 0 Å². The summed E-state index contributed by atoms with van der Waals surface area (Å²) in [5, 5.41) is 0. The Kier molecular flexibility index (Phi) is 2.82. The van der Waals surface area contributed by atoms with Gasteiger partial charge in [0.15, 0.2) is 6.23 Å². The number of carbonyl (C=O) groups excluding carboxylic acids is 1. The van der Waals surface area contributed by atoms with Gasteiger partial charge in [-0.1, -0.05) is 0 Å². The summed E-state index contributed by atoms with van der Waals surface area (Å²) in [5.41, 5.74) is 0. The van der Waals surface area contributed by atoms with Crippen molar-refractivity contribution in [1.82, 2.24) is 4.90 Å². The van der Waals surface area contributed by atoms with Gasteiger partial charge in [0.05, 0.1) is 7.11 Å². The van der Waals surface area contributed by atoms with Crippen LogP contribution in [0.4, 0.5) is 0 Å². The molecule has 1 amide bonds. The van der Waals surface area contributed by atoms with Crippen molar-refractivity contribution in [3.8, 4) is 0 Å². The van der Waals surface area contributed by atoms with E-state index in [-0.39, 0.29) is 0 Å². The summed E-state index contributed by atoms with van der Waals surface area (Å²) >= 11 is 0. The Balaban J connectivity index is 2.73. The van der Waals surface area contributed by atoms with Crippen LogP contribution in [0, 0.1) is 0 Å². The molecule has 0 aromatic carbocycles. The van der Waals surface area contributed by atoms with Crippen molar-refractivity contribution >= 4 is 12.7 Å². The molecule has 5 nitrogen and oxygen atoms in total. The van der Waals surface area contributed by atoms with E-state index in [1.165, 1.54) is 25.5 Å². The molecule has 0 aromatic rings. The van der Waals surface area contributed by atoms with Crippen molar-refractivity contribution < 1.29 is 14.3 Å². The molecule has 0 aromatic heterocycles. The molecular weight excluding hydrogens is 160 g/mol. The summed E-state index contributed by atoms with van der Waals surface area (Å²) in [4.78, 5) is 15.5. The quantitative estimate of drug-likeness (QED) is 0.558. The van der Waals surface area contributed by atoms with Gasteiger partial charge in [0.1, 0.15) is 6.34 Å². The van der Waals surface area contributed by atoms with Crippen LogP contribution in [0.15, 0.2) is 17.0 Å². The Labute approximate surface area is 70.3 Å². The van der Waals surface area contributed by atoms with Gasteiger partial charge in [-0.25, -0.2) is 4.99 Å². The summed E-state index contributed by atoms with van der Waals surface area (Å²) in [6.45, 7) is 0. The van der Waals surface area contributed by atoms with Crippen molar-refractivity contribution in [2.75, 3.05) is 14.2 Å². The summed E-state index contributed by atoms with van der Waals surface area (Å²) in [6, 6.07) is 0. The van der Waals surface area contributed by atoms with Crippen LogP contribution in [0.2, 0.25) is 0 Å². The van der Waals surface area contributed by atoms with Gasteiger partial charge in [0.2, 0.25) is 12.3 Å². The zero-order chi connectivity index (χ0) is 8.97. The van der Waals surface area contributed by atoms with Gasteiger partial charge >= 0.3 is 0 Å². The van der Waals surface area contributed by atoms with Crippen LogP contribution in [0.1, 0.15) is 0 Å². The molecule has 0 saturated heterocycles. The second kappa shape index (κ2) is 3.87. The first kappa shape index (κ1) is 8.73. The molecule has 1 heterocycles. The Bertz CT molecular complexity index is 225. The molecule has 0 aliphatic carbocycles. The predicted octanol–water partition coefficient (Wildman–Crippen LogP) is -0.0530. The number of ether oxygens (including phenoxy) is 2. The van der Waals surface area contributed by atoms with E-state index in [9.17, 15) is 4.79 Å². The van der Waals surface area contributed by atoms with Gasteiger partial charge in [-0.3, -0.25) is 9.69 Å². The minimum atomic E-state index is -0.421. The highest BCUT2D eigenvalue weighted by Crippen LogP contribution is 2.09. The molecule has 0 bridgehead atoms. The van der Waals surface area contributed by atoms with Crippen LogP contribution in [0.5, 0.6) is 0 Å². The summed E-state index contributed by atoms with van der Waals surface area (Å²) in [5.74, 6) is 0.444. The first-order chi connectivity index (χ1) is 5.81. The smallest absolute Gasteiger partial charge is 0.217 e. The molecule has 0 N–H and O–H groups in total. The zero-order valence-electron chi connectivity index (χ0n) is 6.93. The third-order valence-electron chi connectivity index (χ3n) is 1.47. The van der Waals surface area contributed by atoms with Crippen LogP contribution in [0.3, 0.4) is 0 Å². The lowest BCUT2D eigenvalue weighted by Crippen LogP contribution is -2.35. The second-order valence-electron chi connectivity index (χ2n) is 2.13. The first-order valence-corrected chi connectivity index (χ1v) is 3.37. The van der Waals surface area contributed by atoms with E-state index in [2.05, 4.69) is 4.99 Å². The lowest BCUT2D eigenvalue weighted by atomic mass is 10.4. The fourth-order valence-electron chi connectivity index (χ4n) is 0.838. The minimum absolute atomic E-state index is 0.421. The molecule has 1 rings (SSSR count). The van der Waals surface area contributed by atoms with E-state index in [0.717, 1.165) is 0 Å². The fraction of sp³-hybridized carbons (Fsp3) is 0.429. The molecule has 1 atom stereocenters. The third kappa shape index (κ3) is 1.62. The van der Waals surface area contributed by atoms with Crippen LogP contribution < -0.4 is 0 Å². The minimum Gasteiger partial charge on any atom is -0.481 e. The average molecular weight is 170 g/mol. The SMILES string of the molecule is COC1=C[C@@H](OC)N(C=O)C=N1. The van der Waals surface area contributed by atoms with E-state index in [1.807, 2.05) is 0 Å². The molecule has 1 aliphatic heterocycles. The largest absolute Gasteiger partial charge is 0.481 e. The maximum absolute atomic E-state index is 10.4. The highest BCUT2D eigenvalue weighted by atomic mass is 16.5. The highest BCUT2D eigenvalue weighted by molar-refractivity contribution is 5.74. The summed E-state index contributed by atoms with van der Waals surface area (Å²) < 4.78 is 9.83. The van der Waals surface area contributed by atoms with Gasteiger partial charge in [-0.05, 0) is 0 Å². The number of rotatable bonds is 3. The van der Waals surface area contributed by atoms with E-state index in [0.29, 0.717) is 12.3 Å². The second-order valence-corrected chi connectivity index (χ2v) is 2.13. The number of amides is 1. The molecule has 1 aliphatic rings. The van der Waals surface area contributed by atoms with E-state index in [4.69, 9.17) is 9.47 Å². The highest BCUT2D eigenvalue weighted by Gasteiger charge is 2.16. The van der Waals surface area contributed by atoms with Gasteiger partial charge in [-0.15, -0.1) is 0 Å². The normalized spacial score (nSPS) is 22.0. The van der Waals surface area contributed by atoms with Crippen molar-refractivity contribution in [3.63, 3.8) is 0 Å². The molecule has 0 unspecified atom stereocenters.